The molecule has 0 N–H and O–H groups in total. The lowest BCUT2D eigenvalue weighted by atomic mass is 9.91. The average molecular weight is 338 g/mol. The summed E-state index contributed by atoms with van der Waals surface area (Å²) in [4.78, 5) is 36.7. The second-order valence-corrected chi connectivity index (χ2v) is 5.98. The largest absolute Gasteiger partial charge is 0.468 e. The number of rotatable bonds is 7. The SMILES string of the molecule is COC(=O)[C@@H]1CCCN1C(=O)[C@@H](c1cc(OCC=O)no1)C(C)C. The molecule has 0 aliphatic carbocycles. The second kappa shape index (κ2) is 7.94. The van der Waals surface area contributed by atoms with E-state index < -0.39 is 17.9 Å². The minimum atomic E-state index is -0.587. The van der Waals surface area contributed by atoms with E-state index in [0.717, 1.165) is 6.42 Å². The lowest BCUT2D eigenvalue weighted by Gasteiger charge is -2.28. The standard InChI is InChI=1S/C16H22N2O6/c1-10(2)14(12-9-13(17-24-12)23-8-7-19)15(20)18-6-4-5-11(18)16(21)22-3/h7,9-11,14H,4-6,8H2,1-3H3/t11-,14+/m0/s1. The summed E-state index contributed by atoms with van der Waals surface area (Å²) in [6.45, 7) is 4.15. The van der Waals surface area contributed by atoms with Crippen molar-refractivity contribution in [3.63, 3.8) is 0 Å². The van der Waals surface area contributed by atoms with E-state index in [1.54, 1.807) is 4.90 Å². The summed E-state index contributed by atoms with van der Waals surface area (Å²) < 4.78 is 15.1. The molecule has 2 rings (SSSR count). The van der Waals surface area contributed by atoms with E-state index in [-0.39, 0.29) is 24.3 Å². The number of aldehydes is 1. The third kappa shape index (κ3) is 3.74. The van der Waals surface area contributed by atoms with Gasteiger partial charge in [-0.2, -0.15) is 0 Å². The number of esters is 1. The lowest BCUT2D eigenvalue weighted by molar-refractivity contribution is -0.152. The number of likely N-dealkylation sites (tertiary alicyclic amines) is 1. The smallest absolute Gasteiger partial charge is 0.328 e. The van der Waals surface area contributed by atoms with Gasteiger partial charge >= 0.3 is 5.97 Å². The van der Waals surface area contributed by atoms with Gasteiger partial charge in [0.25, 0.3) is 5.88 Å². The van der Waals surface area contributed by atoms with E-state index in [4.69, 9.17) is 14.0 Å². The molecule has 1 fully saturated rings. The van der Waals surface area contributed by atoms with Gasteiger partial charge in [-0.05, 0) is 23.9 Å². The predicted molar refractivity (Wildman–Crippen MR) is 82.4 cm³/mol. The third-order valence-corrected chi connectivity index (χ3v) is 4.05. The van der Waals surface area contributed by atoms with Gasteiger partial charge in [0, 0.05) is 12.6 Å². The Bertz CT molecular complexity index is 597. The Kier molecular flexibility index (Phi) is 5.94. The molecule has 0 unspecified atom stereocenters. The number of aromatic nitrogens is 1. The Morgan fingerprint density at radius 2 is 2.25 bits per heavy atom. The molecule has 0 spiro atoms. The molecular weight excluding hydrogens is 316 g/mol. The second-order valence-electron chi connectivity index (χ2n) is 5.98. The van der Waals surface area contributed by atoms with Crippen LogP contribution in [0.5, 0.6) is 5.88 Å². The monoisotopic (exact) mass is 338 g/mol. The van der Waals surface area contributed by atoms with E-state index >= 15 is 0 Å². The summed E-state index contributed by atoms with van der Waals surface area (Å²) in [5.74, 6) is -0.751. The van der Waals surface area contributed by atoms with E-state index in [9.17, 15) is 14.4 Å². The Balaban J connectivity index is 2.20. The number of hydrogen-bond donors (Lipinski definition) is 0. The van der Waals surface area contributed by atoms with Crippen molar-refractivity contribution in [3.05, 3.63) is 11.8 Å². The first-order chi connectivity index (χ1) is 11.5. The number of methoxy groups -OCH3 is 1. The average Bonchev–Trinajstić information content (AvgIpc) is 3.21. The van der Waals surface area contributed by atoms with Gasteiger partial charge in [0.1, 0.15) is 18.6 Å². The van der Waals surface area contributed by atoms with Crippen LogP contribution in [0, 0.1) is 5.92 Å². The summed E-state index contributed by atoms with van der Waals surface area (Å²) in [6, 6.07) is 0.951. The molecule has 1 amide bonds. The summed E-state index contributed by atoms with van der Waals surface area (Å²) in [6.07, 6.45) is 1.94. The highest BCUT2D eigenvalue weighted by Crippen LogP contribution is 2.32. The molecule has 0 aromatic carbocycles. The first-order valence-corrected chi connectivity index (χ1v) is 7.91. The van der Waals surface area contributed by atoms with Crippen LogP contribution in [0.3, 0.4) is 0 Å². The van der Waals surface area contributed by atoms with Crippen molar-refractivity contribution in [1.82, 2.24) is 10.1 Å². The molecule has 8 heteroatoms. The number of carbonyl (C=O) groups excluding carboxylic acids is 3. The van der Waals surface area contributed by atoms with Crippen LogP contribution >= 0.6 is 0 Å². The van der Waals surface area contributed by atoms with Crippen molar-refractivity contribution in [2.24, 2.45) is 5.92 Å². The van der Waals surface area contributed by atoms with Crippen molar-refractivity contribution >= 4 is 18.2 Å². The molecule has 1 saturated heterocycles. The van der Waals surface area contributed by atoms with Crippen molar-refractivity contribution in [1.29, 1.82) is 0 Å². The number of amides is 1. The van der Waals surface area contributed by atoms with Gasteiger partial charge in [0.15, 0.2) is 12.0 Å². The molecule has 0 bridgehead atoms. The molecule has 2 atom stereocenters. The van der Waals surface area contributed by atoms with Gasteiger partial charge in [0.2, 0.25) is 5.91 Å². The van der Waals surface area contributed by atoms with E-state index in [1.165, 1.54) is 13.2 Å². The molecule has 0 radical (unpaired) electrons. The highest BCUT2D eigenvalue weighted by atomic mass is 16.5. The molecule has 1 aromatic heterocycles. The van der Waals surface area contributed by atoms with Gasteiger partial charge in [-0.1, -0.05) is 13.8 Å². The molecule has 2 heterocycles. The summed E-state index contributed by atoms with van der Waals surface area (Å²) in [5.41, 5.74) is 0. The third-order valence-electron chi connectivity index (χ3n) is 4.05. The summed E-state index contributed by atoms with van der Waals surface area (Å²) >= 11 is 0. The summed E-state index contributed by atoms with van der Waals surface area (Å²) in [7, 11) is 1.32. The molecule has 1 aliphatic rings. The first kappa shape index (κ1) is 18.0. The summed E-state index contributed by atoms with van der Waals surface area (Å²) in [5, 5.41) is 3.72. The van der Waals surface area contributed by atoms with Crippen molar-refractivity contribution in [2.45, 2.75) is 38.6 Å². The van der Waals surface area contributed by atoms with Gasteiger partial charge in [-0.3, -0.25) is 9.59 Å². The van der Waals surface area contributed by atoms with Crippen LogP contribution in [0.25, 0.3) is 0 Å². The van der Waals surface area contributed by atoms with E-state index in [0.29, 0.717) is 25.0 Å². The minimum Gasteiger partial charge on any atom is -0.468 e. The lowest BCUT2D eigenvalue weighted by Crippen LogP contribution is -2.44. The van der Waals surface area contributed by atoms with Crippen LogP contribution < -0.4 is 4.74 Å². The van der Waals surface area contributed by atoms with Crippen LogP contribution in [0.1, 0.15) is 38.4 Å². The van der Waals surface area contributed by atoms with Crippen LogP contribution in [-0.2, 0) is 19.1 Å². The zero-order chi connectivity index (χ0) is 17.7. The number of hydrogen-bond acceptors (Lipinski definition) is 7. The number of ether oxygens (including phenoxy) is 2. The van der Waals surface area contributed by atoms with Crippen molar-refractivity contribution in [2.75, 3.05) is 20.3 Å². The minimum absolute atomic E-state index is 0.0664. The first-order valence-electron chi connectivity index (χ1n) is 7.91. The molecule has 1 aromatic rings. The Labute approximate surface area is 140 Å². The fraction of sp³-hybridized carbons (Fsp3) is 0.625. The van der Waals surface area contributed by atoms with Crippen LogP contribution in [0.2, 0.25) is 0 Å². The Morgan fingerprint density at radius 3 is 2.88 bits per heavy atom. The zero-order valence-corrected chi connectivity index (χ0v) is 14.1. The fourth-order valence-corrected chi connectivity index (χ4v) is 2.93. The highest BCUT2D eigenvalue weighted by molar-refractivity contribution is 5.89. The van der Waals surface area contributed by atoms with Crippen molar-refractivity contribution in [3.8, 4) is 5.88 Å². The van der Waals surface area contributed by atoms with Gasteiger partial charge in [0.05, 0.1) is 7.11 Å². The molecule has 8 nitrogen and oxygen atoms in total. The number of nitrogens with zero attached hydrogens (tertiary/aromatic N) is 2. The van der Waals surface area contributed by atoms with Gasteiger partial charge in [-0.25, -0.2) is 4.79 Å². The molecular formula is C16H22N2O6. The van der Waals surface area contributed by atoms with Crippen LogP contribution in [0.4, 0.5) is 0 Å². The maximum atomic E-state index is 13.0. The zero-order valence-electron chi connectivity index (χ0n) is 14.1. The maximum absolute atomic E-state index is 13.0. The topological polar surface area (TPSA) is 98.9 Å². The van der Waals surface area contributed by atoms with E-state index in [1.807, 2.05) is 13.8 Å². The normalized spacial score (nSPS) is 18.5. The Hall–Kier alpha value is -2.38. The quantitative estimate of drug-likeness (QED) is 0.543. The predicted octanol–water partition coefficient (Wildman–Crippen LogP) is 1.16. The van der Waals surface area contributed by atoms with Gasteiger partial charge in [-0.15, -0.1) is 0 Å². The highest BCUT2D eigenvalue weighted by Gasteiger charge is 2.40. The fourth-order valence-electron chi connectivity index (χ4n) is 2.93. The molecule has 0 saturated carbocycles. The van der Waals surface area contributed by atoms with Gasteiger partial charge < -0.3 is 18.9 Å². The maximum Gasteiger partial charge on any atom is 0.328 e. The van der Waals surface area contributed by atoms with Crippen molar-refractivity contribution < 1.29 is 28.4 Å². The van der Waals surface area contributed by atoms with E-state index in [2.05, 4.69) is 5.16 Å². The van der Waals surface area contributed by atoms with Crippen LogP contribution in [-0.4, -0.2) is 54.5 Å². The molecule has 132 valence electrons. The Morgan fingerprint density at radius 1 is 1.50 bits per heavy atom. The molecule has 24 heavy (non-hydrogen) atoms. The molecule has 1 aliphatic heterocycles. The van der Waals surface area contributed by atoms with Crippen LogP contribution in [0.15, 0.2) is 10.6 Å². The number of carbonyl (C=O) groups is 3.